The maximum absolute atomic E-state index is 14.2. The van der Waals surface area contributed by atoms with Gasteiger partial charge in [0.15, 0.2) is 15.7 Å². The molecular formula is C16H17ClFN3O4S. The number of sulfone groups is 1. The molecule has 2 rings (SSSR count). The number of hydrogen-bond acceptors (Lipinski definition) is 7. The van der Waals surface area contributed by atoms with Crippen LogP contribution < -0.4 is 5.32 Å². The Kier molecular flexibility index (Phi) is 6.49. The van der Waals surface area contributed by atoms with E-state index in [1.807, 2.05) is 0 Å². The van der Waals surface area contributed by atoms with Gasteiger partial charge in [0.25, 0.3) is 0 Å². The summed E-state index contributed by atoms with van der Waals surface area (Å²) in [5.41, 5.74) is 0.403. The van der Waals surface area contributed by atoms with Gasteiger partial charge in [-0.15, -0.1) is 0 Å². The van der Waals surface area contributed by atoms with Crippen molar-refractivity contribution in [1.29, 1.82) is 0 Å². The van der Waals surface area contributed by atoms with E-state index < -0.39 is 21.6 Å². The largest absolute Gasteiger partial charge is 0.469 e. The van der Waals surface area contributed by atoms with Gasteiger partial charge in [-0.1, -0.05) is 13.0 Å². The van der Waals surface area contributed by atoms with E-state index in [4.69, 9.17) is 11.6 Å². The van der Waals surface area contributed by atoms with E-state index in [0.717, 1.165) is 12.3 Å². The lowest BCUT2D eigenvalue weighted by Crippen LogP contribution is -2.11. The summed E-state index contributed by atoms with van der Waals surface area (Å²) in [5.74, 6) is -1.34. The van der Waals surface area contributed by atoms with Crippen LogP contribution in [0.1, 0.15) is 18.9 Å². The molecule has 0 amide bonds. The van der Waals surface area contributed by atoms with E-state index in [1.165, 1.54) is 19.2 Å². The lowest BCUT2D eigenvalue weighted by molar-refractivity contribution is -0.139. The van der Waals surface area contributed by atoms with E-state index in [-0.39, 0.29) is 39.4 Å². The second kappa shape index (κ2) is 8.41. The number of carbonyl (C=O) groups excluding carboxylic acids is 1. The van der Waals surface area contributed by atoms with Crippen molar-refractivity contribution in [2.45, 2.75) is 24.7 Å². The fourth-order valence-corrected chi connectivity index (χ4v) is 3.67. The molecule has 1 aromatic carbocycles. The lowest BCUT2D eigenvalue weighted by atomic mass is 10.1. The third-order valence-corrected chi connectivity index (χ3v) is 5.51. The van der Waals surface area contributed by atoms with Crippen LogP contribution >= 0.6 is 11.6 Å². The van der Waals surface area contributed by atoms with E-state index in [2.05, 4.69) is 20.0 Å². The number of halogens is 2. The first-order valence-corrected chi connectivity index (χ1v) is 9.67. The van der Waals surface area contributed by atoms with Gasteiger partial charge in [0, 0.05) is 5.69 Å². The second-order valence-corrected chi connectivity index (χ2v) is 7.77. The van der Waals surface area contributed by atoms with Crippen LogP contribution in [0.25, 0.3) is 0 Å². The molecule has 0 aliphatic carbocycles. The molecule has 0 radical (unpaired) electrons. The highest BCUT2D eigenvalue weighted by Gasteiger charge is 2.21. The Hall–Kier alpha value is -2.26. The van der Waals surface area contributed by atoms with Crippen LogP contribution in [-0.2, 0) is 25.8 Å². The SMILES string of the molecule is CCCS(=O)(=O)c1cnc(Cl)nc1Nc1ccc(CC(=O)OC)c(F)c1. The summed E-state index contributed by atoms with van der Waals surface area (Å²) in [6, 6.07) is 4.02. The Morgan fingerprint density at radius 2 is 2.12 bits per heavy atom. The molecule has 0 saturated heterocycles. The number of rotatable bonds is 7. The van der Waals surface area contributed by atoms with Crippen molar-refractivity contribution in [2.24, 2.45) is 0 Å². The van der Waals surface area contributed by atoms with Crippen molar-refractivity contribution < 1.29 is 22.3 Å². The molecule has 0 unspecified atom stereocenters. The zero-order valence-electron chi connectivity index (χ0n) is 14.1. The van der Waals surface area contributed by atoms with Gasteiger partial charge in [-0.25, -0.2) is 17.8 Å². The minimum atomic E-state index is -3.62. The topological polar surface area (TPSA) is 98.3 Å². The van der Waals surface area contributed by atoms with E-state index in [9.17, 15) is 17.6 Å². The number of nitrogens with zero attached hydrogens (tertiary/aromatic N) is 2. The molecule has 0 spiro atoms. The third-order valence-electron chi connectivity index (χ3n) is 3.41. The highest BCUT2D eigenvalue weighted by Crippen LogP contribution is 2.26. The maximum Gasteiger partial charge on any atom is 0.310 e. The van der Waals surface area contributed by atoms with Gasteiger partial charge >= 0.3 is 5.97 Å². The van der Waals surface area contributed by atoms with Crippen LogP contribution in [0.3, 0.4) is 0 Å². The summed E-state index contributed by atoms with van der Waals surface area (Å²) < 4.78 is 43.3. The smallest absolute Gasteiger partial charge is 0.310 e. The van der Waals surface area contributed by atoms with Gasteiger partial charge < -0.3 is 10.1 Å². The first-order chi connectivity index (χ1) is 12.3. The van der Waals surface area contributed by atoms with E-state index >= 15 is 0 Å². The number of aromatic nitrogens is 2. The molecule has 1 heterocycles. The third kappa shape index (κ3) is 4.89. The molecule has 1 N–H and O–H groups in total. The number of ether oxygens (including phenoxy) is 1. The van der Waals surface area contributed by atoms with Crippen LogP contribution in [0.4, 0.5) is 15.9 Å². The number of anilines is 2. The van der Waals surface area contributed by atoms with E-state index in [0.29, 0.717) is 6.42 Å². The van der Waals surface area contributed by atoms with Crippen molar-refractivity contribution >= 4 is 38.9 Å². The second-order valence-electron chi connectivity index (χ2n) is 5.35. The number of hydrogen-bond donors (Lipinski definition) is 1. The van der Waals surface area contributed by atoms with Crippen molar-refractivity contribution in [2.75, 3.05) is 18.2 Å². The first kappa shape index (κ1) is 20.1. The van der Waals surface area contributed by atoms with Gasteiger partial charge in [-0.05, 0) is 35.7 Å². The van der Waals surface area contributed by atoms with Crippen molar-refractivity contribution in [3.05, 3.63) is 41.1 Å². The average molecular weight is 402 g/mol. The Labute approximate surface area is 155 Å². The monoisotopic (exact) mass is 401 g/mol. The summed E-state index contributed by atoms with van der Waals surface area (Å²) in [7, 11) is -2.40. The fourth-order valence-electron chi connectivity index (χ4n) is 2.18. The number of benzene rings is 1. The van der Waals surface area contributed by atoms with Gasteiger partial charge in [-0.3, -0.25) is 4.79 Å². The minimum absolute atomic E-state index is 0.0430. The molecule has 0 fully saturated rings. The summed E-state index contributed by atoms with van der Waals surface area (Å²) in [5, 5.41) is 2.59. The summed E-state index contributed by atoms with van der Waals surface area (Å²) >= 11 is 5.76. The quantitative estimate of drug-likeness (QED) is 0.562. The lowest BCUT2D eigenvalue weighted by Gasteiger charge is -2.12. The molecule has 0 aliphatic heterocycles. The molecule has 0 aliphatic rings. The summed E-state index contributed by atoms with van der Waals surface area (Å²) in [4.78, 5) is 18.7. The van der Waals surface area contributed by atoms with E-state index in [1.54, 1.807) is 6.92 Å². The van der Waals surface area contributed by atoms with Crippen LogP contribution in [0.5, 0.6) is 0 Å². The highest BCUT2D eigenvalue weighted by atomic mass is 35.5. The van der Waals surface area contributed by atoms with Crippen LogP contribution in [-0.4, -0.2) is 37.2 Å². The van der Waals surface area contributed by atoms with Crippen LogP contribution in [0, 0.1) is 5.82 Å². The zero-order valence-corrected chi connectivity index (χ0v) is 15.7. The molecular weight excluding hydrogens is 385 g/mol. The van der Waals surface area contributed by atoms with Crippen molar-refractivity contribution in [3.8, 4) is 0 Å². The normalized spacial score (nSPS) is 11.2. The fraction of sp³-hybridized carbons (Fsp3) is 0.312. The maximum atomic E-state index is 14.2. The van der Waals surface area contributed by atoms with Crippen LogP contribution in [0.2, 0.25) is 5.28 Å². The summed E-state index contributed by atoms with van der Waals surface area (Å²) in [6.07, 6.45) is 1.32. The standard InChI is InChI=1S/C16H17ClFN3O4S/c1-3-6-26(23,24)13-9-19-16(17)21-15(13)20-11-5-4-10(12(18)8-11)7-14(22)25-2/h4-5,8-9H,3,6-7H2,1-2H3,(H,19,20,21). The Balaban J connectivity index is 2.35. The molecule has 0 bridgehead atoms. The number of nitrogens with one attached hydrogen (secondary N) is 1. The Bertz CT molecular complexity index is 922. The predicted molar refractivity (Wildman–Crippen MR) is 94.8 cm³/mol. The number of esters is 1. The molecule has 7 nitrogen and oxygen atoms in total. The first-order valence-electron chi connectivity index (χ1n) is 7.64. The molecule has 1 aromatic heterocycles. The van der Waals surface area contributed by atoms with Gasteiger partial charge in [0.1, 0.15) is 10.7 Å². The van der Waals surface area contributed by atoms with Gasteiger partial charge in [0.2, 0.25) is 5.28 Å². The van der Waals surface area contributed by atoms with Crippen molar-refractivity contribution in [1.82, 2.24) is 9.97 Å². The molecule has 140 valence electrons. The highest BCUT2D eigenvalue weighted by molar-refractivity contribution is 7.91. The predicted octanol–water partition coefficient (Wildman–Crippen LogP) is 2.91. The average Bonchev–Trinajstić information content (AvgIpc) is 2.57. The van der Waals surface area contributed by atoms with Crippen molar-refractivity contribution in [3.63, 3.8) is 0 Å². The Morgan fingerprint density at radius 3 is 2.73 bits per heavy atom. The molecule has 0 saturated carbocycles. The van der Waals surface area contributed by atoms with Gasteiger partial charge in [-0.2, -0.15) is 4.98 Å². The molecule has 2 aromatic rings. The number of methoxy groups -OCH3 is 1. The summed E-state index contributed by atoms with van der Waals surface area (Å²) in [6.45, 7) is 1.73. The zero-order chi connectivity index (χ0) is 19.3. The molecule has 26 heavy (non-hydrogen) atoms. The van der Waals surface area contributed by atoms with Gasteiger partial charge in [0.05, 0.1) is 25.5 Å². The number of carbonyl (C=O) groups is 1. The minimum Gasteiger partial charge on any atom is -0.469 e. The molecule has 0 atom stereocenters. The van der Waals surface area contributed by atoms with Crippen LogP contribution in [0.15, 0.2) is 29.3 Å². The Morgan fingerprint density at radius 1 is 1.38 bits per heavy atom. The molecule has 10 heteroatoms.